The van der Waals surface area contributed by atoms with Crippen molar-refractivity contribution >= 4 is 15.8 Å². The predicted molar refractivity (Wildman–Crippen MR) is 55.5 cm³/mol. The molecule has 0 spiro atoms. The first kappa shape index (κ1) is 12.0. The van der Waals surface area contributed by atoms with Crippen molar-refractivity contribution in [2.24, 2.45) is 0 Å². The Bertz CT molecular complexity index is 416. The van der Waals surface area contributed by atoms with Gasteiger partial charge in [0.25, 0.3) is 10.1 Å². The molecule has 2 N–H and O–H groups in total. The molecule has 1 aromatic rings. The fourth-order valence-electron chi connectivity index (χ4n) is 1.06. The van der Waals surface area contributed by atoms with Crippen molar-refractivity contribution in [2.75, 3.05) is 25.6 Å². The van der Waals surface area contributed by atoms with E-state index in [2.05, 4.69) is 11.4 Å². The highest BCUT2D eigenvalue weighted by molar-refractivity contribution is 7.86. The van der Waals surface area contributed by atoms with Crippen molar-refractivity contribution in [3.8, 4) is 0 Å². The molecule has 0 atom stereocenters. The maximum absolute atomic E-state index is 11.0. The fourth-order valence-corrected chi connectivity index (χ4v) is 1.70. The average Bonchev–Trinajstić information content (AvgIpc) is 2.17. The number of nitrogens with one attached hydrogen (secondary N) is 1. The Balaban J connectivity index is 2.88. The van der Waals surface area contributed by atoms with Crippen LogP contribution in [0.25, 0.3) is 0 Å². The number of benzene rings is 1. The number of ether oxygens (including phenoxy) is 1. The van der Waals surface area contributed by atoms with Gasteiger partial charge in [0.1, 0.15) is 4.90 Å². The van der Waals surface area contributed by atoms with E-state index in [0.29, 0.717) is 18.8 Å². The molecule has 6 heteroatoms. The molecule has 1 rings (SSSR count). The second-order valence-corrected chi connectivity index (χ2v) is 4.21. The fraction of sp³-hybridized carbons (Fsp3) is 0.333. The molecule has 83 valence electrons. The first-order chi connectivity index (χ1) is 7.05. The van der Waals surface area contributed by atoms with Crippen LogP contribution in [0.5, 0.6) is 0 Å². The second-order valence-electron chi connectivity index (χ2n) is 2.82. The molecule has 0 fully saturated rings. The smallest absolute Gasteiger partial charge is 0.296 e. The zero-order valence-electron chi connectivity index (χ0n) is 8.23. The SMILES string of the molecule is COCCNc1cc[c]cc1S(=O)(=O)O. The summed E-state index contributed by atoms with van der Waals surface area (Å²) in [6, 6.07) is 6.89. The van der Waals surface area contributed by atoms with Crippen molar-refractivity contribution in [1.82, 2.24) is 0 Å². The summed E-state index contributed by atoms with van der Waals surface area (Å²) in [4.78, 5) is -0.180. The molecule has 0 saturated carbocycles. The molecule has 0 aliphatic rings. The Morgan fingerprint density at radius 3 is 2.93 bits per heavy atom. The molecular weight excluding hydrogens is 218 g/mol. The van der Waals surface area contributed by atoms with Crippen molar-refractivity contribution < 1.29 is 17.7 Å². The van der Waals surface area contributed by atoms with Crippen LogP contribution in [-0.2, 0) is 14.9 Å². The Morgan fingerprint density at radius 1 is 1.60 bits per heavy atom. The van der Waals surface area contributed by atoms with E-state index < -0.39 is 10.1 Å². The van der Waals surface area contributed by atoms with E-state index in [0.717, 1.165) is 0 Å². The third-order valence-corrected chi connectivity index (χ3v) is 2.62. The minimum absolute atomic E-state index is 0.180. The van der Waals surface area contributed by atoms with Gasteiger partial charge in [-0.15, -0.1) is 0 Å². The number of methoxy groups -OCH3 is 1. The van der Waals surface area contributed by atoms with Gasteiger partial charge in [0.05, 0.1) is 12.3 Å². The summed E-state index contributed by atoms with van der Waals surface area (Å²) in [5, 5.41) is 2.84. The second kappa shape index (κ2) is 5.11. The van der Waals surface area contributed by atoms with Gasteiger partial charge in [0, 0.05) is 13.7 Å². The van der Waals surface area contributed by atoms with E-state index >= 15 is 0 Å². The lowest BCUT2D eigenvalue weighted by molar-refractivity contribution is 0.210. The lowest BCUT2D eigenvalue weighted by Gasteiger charge is -2.08. The van der Waals surface area contributed by atoms with Crippen LogP contribution in [-0.4, -0.2) is 33.2 Å². The molecule has 0 aliphatic heterocycles. The molecular formula is C9H12NO4S. The van der Waals surface area contributed by atoms with Crippen LogP contribution in [0.2, 0.25) is 0 Å². The van der Waals surface area contributed by atoms with Crippen LogP contribution in [0.15, 0.2) is 23.1 Å². The van der Waals surface area contributed by atoms with E-state index in [1.54, 1.807) is 13.2 Å². The molecule has 0 aromatic heterocycles. The lowest BCUT2D eigenvalue weighted by Crippen LogP contribution is -2.11. The molecule has 5 nitrogen and oxygen atoms in total. The van der Waals surface area contributed by atoms with Crippen molar-refractivity contribution in [3.63, 3.8) is 0 Å². The van der Waals surface area contributed by atoms with Gasteiger partial charge in [-0.1, -0.05) is 6.07 Å². The Labute approximate surface area is 88.8 Å². The van der Waals surface area contributed by atoms with Gasteiger partial charge in [-0.3, -0.25) is 4.55 Å². The molecule has 0 heterocycles. The molecule has 0 unspecified atom stereocenters. The van der Waals surface area contributed by atoms with E-state index in [1.165, 1.54) is 12.1 Å². The van der Waals surface area contributed by atoms with Crippen LogP contribution < -0.4 is 5.32 Å². The van der Waals surface area contributed by atoms with E-state index in [4.69, 9.17) is 9.29 Å². The molecule has 0 amide bonds. The standard InChI is InChI=1S/C9H12NO4S/c1-14-7-6-10-8-4-2-3-5-9(8)15(11,12)13/h2,4-5,10H,6-7H2,1H3,(H,11,12,13). The van der Waals surface area contributed by atoms with Gasteiger partial charge in [-0.2, -0.15) is 8.42 Å². The van der Waals surface area contributed by atoms with Gasteiger partial charge in [-0.05, 0) is 18.2 Å². The molecule has 15 heavy (non-hydrogen) atoms. The van der Waals surface area contributed by atoms with Crippen molar-refractivity contribution in [2.45, 2.75) is 4.90 Å². The third-order valence-electron chi connectivity index (χ3n) is 1.73. The lowest BCUT2D eigenvalue weighted by atomic mass is 10.3. The van der Waals surface area contributed by atoms with Gasteiger partial charge in [0.15, 0.2) is 0 Å². The predicted octanol–water partition coefficient (Wildman–Crippen LogP) is 0.792. The summed E-state index contributed by atoms with van der Waals surface area (Å²) in [5.74, 6) is 0. The summed E-state index contributed by atoms with van der Waals surface area (Å²) in [6.45, 7) is 0.909. The van der Waals surface area contributed by atoms with Crippen LogP contribution >= 0.6 is 0 Å². The number of anilines is 1. The minimum atomic E-state index is -4.21. The largest absolute Gasteiger partial charge is 0.383 e. The normalized spacial score (nSPS) is 11.3. The van der Waals surface area contributed by atoms with Gasteiger partial charge in [-0.25, -0.2) is 0 Å². The van der Waals surface area contributed by atoms with Crippen molar-refractivity contribution in [3.05, 3.63) is 24.3 Å². The van der Waals surface area contributed by atoms with Crippen LogP contribution in [0.4, 0.5) is 5.69 Å². The zero-order valence-corrected chi connectivity index (χ0v) is 9.04. The van der Waals surface area contributed by atoms with E-state index in [-0.39, 0.29) is 4.90 Å². The summed E-state index contributed by atoms with van der Waals surface area (Å²) in [6.07, 6.45) is 0. The van der Waals surface area contributed by atoms with Gasteiger partial charge in [0.2, 0.25) is 0 Å². The highest BCUT2D eigenvalue weighted by Crippen LogP contribution is 2.19. The van der Waals surface area contributed by atoms with Crippen LogP contribution in [0, 0.1) is 6.07 Å². The highest BCUT2D eigenvalue weighted by atomic mass is 32.2. The number of hydrogen-bond donors (Lipinski definition) is 2. The number of rotatable bonds is 5. The topological polar surface area (TPSA) is 75.6 Å². The molecule has 0 aliphatic carbocycles. The quantitative estimate of drug-likeness (QED) is 0.578. The summed E-state index contributed by atoms with van der Waals surface area (Å²) < 4.78 is 35.6. The molecule has 1 radical (unpaired) electrons. The van der Waals surface area contributed by atoms with Gasteiger partial charge < -0.3 is 10.1 Å². The summed E-state index contributed by atoms with van der Waals surface area (Å²) in [5.41, 5.74) is 0.341. The number of hydrogen-bond acceptors (Lipinski definition) is 4. The maximum Gasteiger partial charge on any atom is 0.296 e. The maximum atomic E-state index is 11.0. The third kappa shape index (κ3) is 3.50. The first-order valence-electron chi connectivity index (χ1n) is 4.26. The Morgan fingerprint density at radius 2 is 2.33 bits per heavy atom. The Kier molecular flexibility index (Phi) is 4.07. The molecule has 0 bridgehead atoms. The van der Waals surface area contributed by atoms with Crippen LogP contribution in [0.3, 0.4) is 0 Å². The van der Waals surface area contributed by atoms with Crippen LogP contribution in [0.1, 0.15) is 0 Å². The molecule has 0 saturated heterocycles. The Hall–Kier alpha value is -1.11. The highest BCUT2D eigenvalue weighted by Gasteiger charge is 2.13. The van der Waals surface area contributed by atoms with Gasteiger partial charge >= 0.3 is 0 Å². The summed E-state index contributed by atoms with van der Waals surface area (Å²) >= 11 is 0. The average molecular weight is 230 g/mol. The molecule has 1 aromatic carbocycles. The minimum Gasteiger partial charge on any atom is -0.383 e. The van der Waals surface area contributed by atoms with Crippen molar-refractivity contribution in [1.29, 1.82) is 0 Å². The monoisotopic (exact) mass is 230 g/mol. The summed E-state index contributed by atoms with van der Waals surface area (Å²) in [7, 11) is -2.66. The van der Waals surface area contributed by atoms with E-state index in [1.807, 2.05) is 0 Å². The zero-order chi connectivity index (χ0) is 11.3. The van der Waals surface area contributed by atoms with E-state index in [9.17, 15) is 8.42 Å². The first-order valence-corrected chi connectivity index (χ1v) is 5.70.